The van der Waals surface area contributed by atoms with Crippen LogP contribution in [0.4, 0.5) is 0 Å². The van der Waals surface area contributed by atoms with Gasteiger partial charge in [-0.3, -0.25) is 0 Å². The van der Waals surface area contributed by atoms with Gasteiger partial charge in [-0.2, -0.15) is 5.01 Å². The second-order valence-electron chi connectivity index (χ2n) is 3.87. The molecule has 0 unspecified atom stereocenters. The summed E-state index contributed by atoms with van der Waals surface area (Å²) in [4.78, 5) is -0.185. The minimum atomic E-state index is -4.25. The molecule has 1 aromatic heterocycles. The van der Waals surface area contributed by atoms with Gasteiger partial charge in [0.25, 0.3) is 0 Å². The van der Waals surface area contributed by atoms with Crippen LogP contribution in [0.15, 0.2) is 65.8 Å². The maximum atomic E-state index is 10.3. The van der Waals surface area contributed by atoms with Crippen molar-refractivity contribution in [2.45, 2.75) is 4.90 Å². The molecule has 0 saturated heterocycles. The van der Waals surface area contributed by atoms with Crippen molar-refractivity contribution in [1.29, 1.82) is 0 Å². The maximum Gasteiger partial charge on any atom is 0.199 e. The first-order chi connectivity index (χ1) is 8.91. The Balaban J connectivity index is 0.000000191. The molecule has 2 aromatic rings. The number of aromatic nitrogens is 1. The van der Waals surface area contributed by atoms with Crippen LogP contribution in [0, 0.1) is 0 Å². The fourth-order valence-corrected chi connectivity index (χ4v) is 1.73. The summed E-state index contributed by atoms with van der Waals surface area (Å²) < 4.78 is 32.8. The van der Waals surface area contributed by atoms with Gasteiger partial charge in [0.15, 0.2) is 12.4 Å². The maximum absolute atomic E-state index is 10.3. The average Bonchev–Trinajstić information content (AvgIpc) is 2.40. The molecule has 0 saturated carbocycles. The Morgan fingerprint density at radius 1 is 0.947 bits per heavy atom. The third-order valence-electron chi connectivity index (χ3n) is 2.19. The van der Waals surface area contributed by atoms with Crippen LogP contribution in [0.1, 0.15) is 0 Å². The van der Waals surface area contributed by atoms with Crippen molar-refractivity contribution in [2.75, 3.05) is 19.1 Å². The molecule has 6 heteroatoms. The lowest BCUT2D eigenvalue weighted by Crippen LogP contribution is -2.51. The highest BCUT2D eigenvalue weighted by Crippen LogP contribution is 2.04. The molecule has 0 atom stereocenters. The largest absolute Gasteiger partial charge is 0.744 e. The molecular formula is C13H16N2O3S. The van der Waals surface area contributed by atoms with Crippen LogP contribution in [-0.4, -0.2) is 27.1 Å². The van der Waals surface area contributed by atoms with Crippen molar-refractivity contribution < 1.29 is 17.6 Å². The summed E-state index contributed by atoms with van der Waals surface area (Å²) in [6, 6.07) is 13.2. The van der Waals surface area contributed by atoms with E-state index >= 15 is 0 Å². The van der Waals surface area contributed by atoms with Crippen molar-refractivity contribution >= 4 is 10.1 Å². The fourth-order valence-electron chi connectivity index (χ4n) is 1.24. The Morgan fingerprint density at radius 2 is 1.42 bits per heavy atom. The molecule has 0 spiro atoms. The number of pyridine rings is 1. The summed E-state index contributed by atoms with van der Waals surface area (Å²) in [5, 5.41) is 2.00. The Kier molecular flexibility index (Phi) is 5.47. The van der Waals surface area contributed by atoms with Crippen LogP contribution in [0.3, 0.4) is 0 Å². The minimum Gasteiger partial charge on any atom is -0.744 e. The van der Waals surface area contributed by atoms with Gasteiger partial charge in [0, 0.05) is 12.1 Å². The molecule has 0 amide bonds. The second-order valence-corrected chi connectivity index (χ2v) is 5.25. The van der Waals surface area contributed by atoms with Crippen molar-refractivity contribution in [2.24, 2.45) is 0 Å². The smallest absolute Gasteiger partial charge is 0.199 e. The Bertz CT molecular complexity index is 584. The summed E-state index contributed by atoms with van der Waals surface area (Å²) in [7, 11) is -0.253. The summed E-state index contributed by atoms with van der Waals surface area (Å²) in [5.41, 5.74) is 0. The quantitative estimate of drug-likeness (QED) is 0.602. The van der Waals surface area contributed by atoms with Crippen LogP contribution in [0.2, 0.25) is 0 Å². The predicted molar refractivity (Wildman–Crippen MR) is 71.1 cm³/mol. The van der Waals surface area contributed by atoms with E-state index in [9.17, 15) is 13.0 Å². The normalized spacial score (nSPS) is 10.3. The molecule has 1 heterocycles. The van der Waals surface area contributed by atoms with Gasteiger partial charge in [-0.05, 0) is 12.1 Å². The van der Waals surface area contributed by atoms with Gasteiger partial charge in [-0.25, -0.2) is 8.42 Å². The molecule has 102 valence electrons. The Hall–Kier alpha value is -1.92. The summed E-state index contributed by atoms with van der Waals surface area (Å²) in [6.07, 6.45) is 4.00. The Morgan fingerprint density at radius 3 is 1.74 bits per heavy atom. The molecule has 0 N–H and O–H groups in total. The molecular weight excluding hydrogens is 264 g/mol. The van der Waals surface area contributed by atoms with Crippen LogP contribution < -0.4 is 9.69 Å². The second kappa shape index (κ2) is 6.86. The predicted octanol–water partition coefficient (Wildman–Crippen LogP) is 0.762. The number of hydrogen-bond acceptors (Lipinski definition) is 4. The van der Waals surface area contributed by atoms with E-state index in [0.717, 1.165) is 0 Å². The van der Waals surface area contributed by atoms with E-state index < -0.39 is 10.1 Å². The first-order valence-corrected chi connectivity index (χ1v) is 6.97. The summed E-state index contributed by atoms with van der Waals surface area (Å²) >= 11 is 0. The van der Waals surface area contributed by atoms with Crippen LogP contribution >= 0.6 is 0 Å². The van der Waals surface area contributed by atoms with E-state index in [1.165, 1.54) is 24.3 Å². The van der Waals surface area contributed by atoms with Gasteiger partial charge in [0.05, 0.1) is 19.0 Å². The number of nitrogens with zero attached hydrogens (tertiary/aromatic N) is 2. The lowest BCUT2D eigenvalue weighted by atomic mass is 10.4. The van der Waals surface area contributed by atoms with Crippen molar-refractivity contribution in [3.8, 4) is 0 Å². The number of benzene rings is 1. The first kappa shape index (κ1) is 15.1. The molecule has 19 heavy (non-hydrogen) atoms. The third-order valence-corrected chi connectivity index (χ3v) is 3.04. The molecule has 5 nitrogen and oxygen atoms in total. The molecule has 0 aliphatic heterocycles. The van der Waals surface area contributed by atoms with Crippen molar-refractivity contribution in [1.82, 2.24) is 0 Å². The van der Waals surface area contributed by atoms with Gasteiger partial charge in [-0.1, -0.05) is 28.9 Å². The van der Waals surface area contributed by atoms with Crippen molar-refractivity contribution in [3.05, 3.63) is 60.9 Å². The highest BCUT2D eigenvalue weighted by molar-refractivity contribution is 7.85. The van der Waals surface area contributed by atoms with Gasteiger partial charge in [0.2, 0.25) is 0 Å². The van der Waals surface area contributed by atoms with E-state index in [2.05, 4.69) is 0 Å². The first-order valence-electron chi connectivity index (χ1n) is 5.56. The molecule has 0 aliphatic rings. The van der Waals surface area contributed by atoms with Crippen LogP contribution in [0.25, 0.3) is 0 Å². The number of hydrogen-bond donors (Lipinski definition) is 0. The SMILES string of the molecule is CN(C)[n+]1ccccc1.O=S(=O)([O-])c1ccccc1. The number of rotatable bonds is 2. The van der Waals surface area contributed by atoms with E-state index in [0.29, 0.717) is 0 Å². The van der Waals surface area contributed by atoms with Crippen molar-refractivity contribution in [3.63, 3.8) is 0 Å². The molecule has 1 aromatic carbocycles. The van der Waals surface area contributed by atoms with E-state index in [4.69, 9.17) is 0 Å². The van der Waals surface area contributed by atoms with Crippen LogP contribution in [-0.2, 0) is 10.1 Å². The summed E-state index contributed by atoms with van der Waals surface area (Å²) in [6.45, 7) is 0. The monoisotopic (exact) mass is 280 g/mol. The topological polar surface area (TPSA) is 64.3 Å². The Labute approximate surface area is 113 Å². The molecule has 0 bridgehead atoms. The highest BCUT2D eigenvalue weighted by Gasteiger charge is 1.96. The fraction of sp³-hybridized carbons (Fsp3) is 0.154. The van der Waals surface area contributed by atoms with Gasteiger partial charge in [-0.15, -0.1) is 0 Å². The minimum absolute atomic E-state index is 0.185. The molecule has 0 aliphatic carbocycles. The molecule has 0 fully saturated rings. The van der Waals surface area contributed by atoms with Gasteiger partial charge >= 0.3 is 0 Å². The zero-order valence-corrected chi connectivity index (χ0v) is 11.6. The highest BCUT2D eigenvalue weighted by atomic mass is 32.2. The van der Waals surface area contributed by atoms with Gasteiger partial charge < -0.3 is 4.55 Å². The lowest BCUT2D eigenvalue weighted by molar-refractivity contribution is -0.687. The standard InChI is InChI=1S/C7H11N2.C6H6O3S/c1-8(2)9-6-4-3-5-7-9;7-10(8,9)6-4-2-1-3-5-6/h3-7H,1-2H3;1-5H,(H,7,8,9)/q+1;/p-1. The lowest BCUT2D eigenvalue weighted by Gasteiger charge is -2.04. The third kappa shape index (κ3) is 5.50. The van der Waals surface area contributed by atoms with E-state index in [1.54, 1.807) is 6.07 Å². The van der Waals surface area contributed by atoms with E-state index in [-0.39, 0.29) is 4.90 Å². The molecule has 2 rings (SSSR count). The average molecular weight is 280 g/mol. The van der Waals surface area contributed by atoms with Gasteiger partial charge in [0.1, 0.15) is 10.1 Å². The molecule has 0 radical (unpaired) electrons. The van der Waals surface area contributed by atoms with E-state index in [1.807, 2.05) is 54.4 Å². The van der Waals surface area contributed by atoms with Crippen LogP contribution in [0.5, 0.6) is 0 Å². The summed E-state index contributed by atoms with van der Waals surface area (Å²) in [5.74, 6) is 0. The zero-order chi connectivity index (χ0) is 14.3. The zero-order valence-electron chi connectivity index (χ0n) is 10.8.